The molecule has 1 N–H and O–H groups in total. The van der Waals surface area contributed by atoms with Crippen molar-refractivity contribution in [1.82, 2.24) is 40.0 Å². The average Bonchev–Trinajstić information content (AvgIpc) is 3.24. The molecule has 0 aliphatic carbocycles. The highest BCUT2D eigenvalue weighted by atomic mass is 79.9. The van der Waals surface area contributed by atoms with Crippen LogP contribution in [0.25, 0.3) is 17.1 Å². The molecule has 0 aliphatic rings. The predicted octanol–water partition coefficient (Wildman–Crippen LogP) is 2.79. The van der Waals surface area contributed by atoms with Crippen LogP contribution in [0.2, 0.25) is 0 Å². The van der Waals surface area contributed by atoms with E-state index in [1.807, 2.05) is 41.0 Å². The smallest absolute Gasteiger partial charge is 0.206 e. The number of pyridine rings is 1. The monoisotopic (exact) mass is 414 g/mol. The van der Waals surface area contributed by atoms with Crippen LogP contribution in [0.15, 0.2) is 53.3 Å². The number of hydrogen-bond acceptors (Lipinski definition) is 6. The summed E-state index contributed by atoms with van der Waals surface area (Å²) in [6, 6.07) is 11.5. The maximum Gasteiger partial charge on any atom is 0.206 e. The molecule has 0 amide bonds. The Labute approximate surface area is 155 Å². The Morgan fingerprint density at radius 3 is 2.76 bits per heavy atom. The second-order valence-electron chi connectivity index (χ2n) is 5.14. The Hall–Kier alpha value is -2.72. The molecule has 3 heterocycles. The van der Waals surface area contributed by atoms with Gasteiger partial charge in [-0.2, -0.15) is 9.90 Å². The summed E-state index contributed by atoms with van der Waals surface area (Å²) in [5.41, 5.74) is 1.71. The van der Waals surface area contributed by atoms with Crippen molar-refractivity contribution in [2.75, 3.05) is 0 Å². The largest absolute Gasteiger partial charge is 0.271 e. The van der Waals surface area contributed by atoms with Crippen molar-refractivity contribution >= 4 is 28.1 Å². The first-order chi connectivity index (χ1) is 12.2. The molecule has 124 valence electrons. The predicted molar refractivity (Wildman–Crippen MR) is 96.6 cm³/mol. The number of nitrogens with one attached hydrogen (secondary N) is 1. The van der Waals surface area contributed by atoms with Crippen molar-refractivity contribution in [3.05, 3.63) is 63.9 Å². The Bertz CT molecular complexity index is 1050. The fraction of sp³-hybridized carbons (Fsp3) is 0.0667. The van der Waals surface area contributed by atoms with Crippen molar-refractivity contribution < 1.29 is 0 Å². The summed E-state index contributed by atoms with van der Waals surface area (Å²) < 4.78 is 3.34. The quantitative estimate of drug-likeness (QED) is 0.516. The Kier molecular flexibility index (Phi) is 4.20. The van der Waals surface area contributed by atoms with Gasteiger partial charge in [0.2, 0.25) is 5.82 Å². The SMILES string of the molecule is S=c1[nH]nc(Cn2nnc(-c3cccnc3)n2)n1-c1ccc(Br)cc1. The summed E-state index contributed by atoms with van der Waals surface area (Å²) >= 11 is 8.77. The van der Waals surface area contributed by atoms with Gasteiger partial charge in [0.05, 0.1) is 0 Å². The van der Waals surface area contributed by atoms with Gasteiger partial charge in [-0.15, -0.1) is 10.2 Å². The lowest BCUT2D eigenvalue weighted by Gasteiger charge is -2.06. The number of tetrazole rings is 1. The first-order valence-electron chi connectivity index (χ1n) is 7.31. The minimum atomic E-state index is 0.330. The van der Waals surface area contributed by atoms with E-state index in [-0.39, 0.29) is 0 Å². The molecule has 0 fully saturated rings. The molecule has 0 unspecified atom stereocenters. The first kappa shape index (κ1) is 15.8. The van der Waals surface area contributed by atoms with E-state index < -0.39 is 0 Å². The molecule has 25 heavy (non-hydrogen) atoms. The van der Waals surface area contributed by atoms with Crippen LogP contribution in [-0.2, 0) is 6.54 Å². The van der Waals surface area contributed by atoms with Crippen LogP contribution in [-0.4, -0.2) is 40.0 Å². The van der Waals surface area contributed by atoms with Gasteiger partial charge < -0.3 is 0 Å². The van der Waals surface area contributed by atoms with E-state index in [1.54, 1.807) is 12.4 Å². The number of H-pyrrole nitrogens is 1. The summed E-state index contributed by atoms with van der Waals surface area (Å²) in [5, 5.41) is 19.6. The highest BCUT2D eigenvalue weighted by Gasteiger charge is 2.12. The highest BCUT2D eigenvalue weighted by Crippen LogP contribution is 2.16. The molecule has 4 aromatic rings. The molecule has 3 aromatic heterocycles. The summed E-state index contributed by atoms with van der Waals surface area (Å²) in [5.74, 6) is 1.19. The molecular weight excluding hydrogens is 404 g/mol. The zero-order valence-electron chi connectivity index (χ0n) is 12.7. The second-order valence-corrected chi connectivity index (χ2v) is 6.44. The van der Waals surface area contributed by atoms with Gasteiger partial charge in [-0.25, -0.2) is 0 Å². The number of aromatic amines is 1. The van der Waals surface area contributed by atoms with Crippen LogP contribution in [0, 0.1) is 4.77 Å². The molecule has 0 saturated heterocycles. The lowest BCUT2D eigenvalue weighted by molar-refractivity contribution is 0.548. The van der Waals surface area contributed by atoms with Gasteiger partial charge in [0.15, 0.2) is 10.6 Å². The van der Waals surface area contributed by atoms with E-state index in [1.165, 1.54) is 4.80 Å². The van der Waals surface area contributed by atoms with Gasteiger partial charge in [0, 0.05) is 28.1 Å². The summed E-state index contributed by atoms with van der Waals surface area (Å²) in [6.45, 7) is 0.330. The van der Waals surface area contributed by atoms with Crippen LogP contribution in [0.3, 0.4) is 0 Å². The van der Waals surface area contributed by atoms with Crippen LogP contribution >= 0.6 is 28.1 Å². The molecule has 4 rings (SSSR count). The number of aromatic nitrogens is 8. The molecule has 0 radical (unpaired) electrons. The molecule has 8 nitrogen and oxygen atoms in total. The molecule has 0 aliphatic heterocycles. The van der Waals surface area contributed by atoms with Crippen LogP contribution in [0.4, 0.5) is 0 Å². The summed E-state index contributed by atoms with van der Waals surface area (Å²) in [4.78, 5) is 5.54. The third-order valence-corrected chi connectivity index (χ3v) is 4.28. The third kappa shape index (κ3) is 3.26. The second kappa shape index (κ2) is 6.65. The van der Waals surface area contributed by atoms with E-state index in [4.69, 9.17) is 12.2 Å². The zero-order valence-corrected chi connectivity index (χ0v) is 15.1. The van der Waals surface area contributed by atoms with Crippen molar-refractivity contribution in [2.24, 2.45) is 0 Å². The minimum absolute atomic E-state index is 0.330. The molecule has 0 atom stereocenters. The fourth-order valence-electron chi connectivity index (χ4n) is 2.34. The minimum Gasteiger partial charge on any atom is -0.271 e. The molecule has 1 aromatic carbocycles. The number of nitrogens with zero attached hydrogens (tertiary/aromatic N) is 7. The number of benzene rings is 1. The van der Waals surface area contributed by atoms with Crippen molar-refractivity contribution in [1.29, 1.82) is 0 Å². The third-order valence-electron chi connectivity index (χ3n) is 3.48. The Morgan fingerprint density at radius 1 is 1.16 bits per heavy atom. The number of rotatable bonds is 4. The van der Waals surface area contributed by atoms with E-state index in [9.17, 15) is 0 Å². The Morgan fingerprint density at radius 2 is 2.00 bits per heavy atom. The van der Waals surface area contributed by atoms with Crippen molar-refractivity contribution in [3.8, 4) is 17.1 Å². The average molecular weight is 415 g/mol. The van der Waals surface area contributed by atoms with E-state index >= 15 is 0 Å². The van der Waals surface area contributed by atoms with Crippen LogP contribution in [0.1, 0.15) is 5.82 Å². The van der Waals surface area contributed by atoms with E-state index in [0.717, 1.165) is 15.7 Å². The fourth-order valence-corrected chi connectivity index (χ4v) is 2.86. The number of halogens is 1. The van der Waals surface area contributed by atoms with Gasteiger partial charge in [-0.05, 0) is 53.8 Å². The molecule has 0 bridgehead atoms. The van der Waals surface area contributed by atoms with Gasteiger partial charge in [-0.1, -0.05) is 15.9 Å². The topological polar surface area (TPSA) is 90.1 Å². The normalized spacial score (nSPS) is 10.9. The maximum atomic E-state index is 5.34. The van der Waals surface area contributed by atoms with Crippen LogP contribution < -0.4 is 0 Å². The van der Waals surface area contributed by atoms with E-state index in [2.05, 4.69) is 46.5 Å². The Balaban J connectivity index is 1.65. The lowest BCUT2D eigenvalue weighted by atomic mass is 10.3. The number of hydrogen-bond donors (Lipinski definition) is 1. The van der Waals surface area contributed by atoms with Crippen molar-refractivity contribution in [3.63, 3.8) is 0 Å². The molecular formula is C15H11BrN8S. The maximum absolute atomic E-state index is 5.34. The molecule has 0 saturated carbocycles. The van der Waals surface area contributed by atoms with Crippen molar-refractivity contribution in [2.45, 2.75) is 6.54 Å². The van der Waals surface area contributed by atoms with Gasteiger partial charge in [0.25, 0.3) is 0 Å². The molecule has 0 spiro atoms. The standard InChI is InChI=1S/C15H11BrN8S/c16-11-3-5-12(6-4-11)24-13(18-20-15(24)25)9-23-21-14(19-22-23)10-2-1-7-17-8-10/h1-8H,9H2,(H,20,25). The highest BCUT2D eigenvalue weighted by molar-refractivity contribution is 9.10. The summed E-state index contributed by atoms with van der Waals surface area (Å²) in [6.07, 6.45) is 3.39. The lowest BCUT2D eigenvalue weighted by Crippen LogP contribution is -2.10. The summed E-state index contributed by atoms with van der Waals surface area (Å²) in [7, 11) is 0. The van der Waals surface area contributed by atoms with Gasteiger partial charge >= 0.3 is 0 Å². The zero-order chi connectivity index (χ0) is 17.2. The van der Waals surface area contributed by atoms with Crippen LogP contribution in [0.5, 0.6) is 0 Å². The molecule has 10 heteroatoms. The van der Waals surface area contributed by atoms with Gasteiger partial charge in [-0.3, -0.25) is 14.6 Å². The van der Waals surface area contributed by atoms with E-state index in [0.29, 0.717) is 23.0 Å². The van der Waals surface area contributed by atoms with Gasteiger partial charge in [0.1, 0.15) is 6.54 Å². The first-order valence-corrected chi connectivity index (χ1v) is 8.51.